The summed E-state index contributed by atoms with van der Waals surface area (Å²) in [5.74, 6) is -0.269. The summed E-state index contributed by atoms with van der Waals surface area (Å²) in [6, 6.07) is 0. The van der Waals surface area contributed by atoms with Gasteiger partial charge in [-0.25, -0.2) is 4.98 Å². The molecule has 0 spiro atoms. The highest BCUT2D eigenvalue weighted by Gasteiger charge is 2.33. The van der Waals surface area contributed by atoms with Gasteiger partial charge in [0.05, 0.1) is 12.0 Å². The molecule has 0 radical (unpaired) electrons. The van der Waals surface area contributed by atoms with E-state index < -0.39 is 5.41 Å². The lowest BCUT2D eigenvalue weighted by Crippen LogP contribution is -2.42. The van der Waals surface area contributed by atoms with Gasteiger partial charge in [0.15, 0.2) is 0 Å². The van der Waals surface area contributed by atoms with Crippen molar-refractivity contribution in [3.05, 3.63) is 18.2 Å². The fraction of sp³-hybridized carbons (Fsp3) is 0.583. The van der Waals surface area contributed by atoms with Gasteiger partial charge in [0, 0.05) is 25.6 Å². The number of amides is 1. The zero-order valence-corrected chi connectivity index (χ0v) is 10.5. The average Bonchev–Trinajstić information content (AvgIpc) is 2.80. The Morgan fingerprint density at radius 2 is 2.18 bits per heavy atom. The molecule has 5 nitrogen and oxygen atoms in total. The van der Waals surface area contributed by atoms with E-state index in [1.807, 2.05) is 0 Å². The largest absolute Gasteiger partial charge is 0.355 e. The minimum absolute atomic E-state index is 0.0465. The van der Waals surface area contributed by atoms with Crippen molar-refractivity contribution in [2.75, 3.05) is 6.54 Å². The van der Waals surface area contributed by atoms with Gasteiger partial charge in [-0.3, -0.25) is 9.59 Å². The molecule has 0 aliphatic carbocycles. The smallest absolute Gasteiger partial charge is 0.233 e. The van der Waals surface area contributed by atoms with Crippen molar-refractivity contribution in [1.82, 2.24) is 15.3 Å². The lowest BCUT2D eigenvalue weighted by atomic mass is 9.85. The van der Waals surface area contributed by atoms with Crippen LogP contribution in [0.4, 0.5) is 0 Å². The number of aromatic nitrogens is 2. The van der Waals surface area contributed by atoms with Crippen LogP contribution in [0.15, 0.2) is 12.5 Å². The molecule has 94 valence electrons. The second kappa shape index (κ2) is 5.61. The summed E-state index contributed by atoms with van der Waals surface area (Å²) in [5, 5.41) is 2.76. The van der Waals surface area contributed by atoms with Crippen molar-refractivity contribution < 1.29 is 9.59 Å². The number of aromatic amines is 1. The van der Waals surface area contributed by atoms with Crippen molar-refractivity contribution in [3.8, 4) is 0 Å². The number of hydrogen-bond acceptors (Lipinski definition) is 3. The summed E-state index contributed by atoms with van der Waals surface area (Å²) in [7, 11) is 0. The molecule has 1 heterocycles. The van der Waals surface area contributed by atoms with Crippen LogP contribution in [-0.2, 0) is 16.0 Å². The molecule has 0 unspecified atom stereocenters. The van der Waals surface area contributed by atoms with Gasteiger partial charge < -0.3 is 10.3 Å². The van der Waals surface area contributed by atoms with E-state index in [9.17, 15) is 9.59 Å². The normalized spacial score (nSPS) is 11.2. The quantitative estimate of drug-likeness (QED) is 0.727. The van der Waals surface area contributed by atoms with Gasteiger partial charge in [0.1, 0.15) is 11.2 Å². The Balaban J connectivity index is 2.41. The fourth-order valence-corrected chi connectivity index (χ4v) is 1.52. The molecule has 0 saturated carbocycles. The van der Waals surface area contributed by atoms with Crippen LogP contribution in [0, 0.1) is 5.41 Å². The number of hydrogen-bond donors (Lipinski definition) is 2. The molecular formula is C12H19N3O2. The van der Waals surface area contributed by atoms with Crippen LogP contribution in [-0.4, -0.2) is 28.2 Å². The first kappa shape index (κ1) is 13.4. The maximum Gasteiger partial charge on any atom is 0.233 e. The van der Waals surface area contributed by atoms with Crippen molar-refractivity contribution in [2.45, 2.75) is 33.6 Å². The van der Waals surface area contributed by atoms with E-state index in [0.29, 0.717) is 19.4 Å². The first-order valence-electron chi connectivity index (χ1n) is 5.77. The predicted octanol–water partition coefficient (Wildman–Crippen LogP) is 1.07. The average molecular weight is 237 g/mol. The SMILES string of the molecule is CCC(=O)C(C)(C)C(=O)NCCc1c[nH]cn1. The first-order valence-corrected chi connectivity index (χ1v) is 5.77. The second-order valence-corrected chi connectivity index (χ2v) is 4.47. The Kier molecular flexibility index (Phi) is 4.43. The number of carbonyl (C=O) groups is 2. The maximum absolute atomic E-state index is 11.8. The van der Waals surface area contributed by atoms with Crippen molar-refractivity contribution >= 4 is 11.7 Å². The highest BCUT2D eigenvalue weighted by atomic mass is 16.2. The zero-order valence-electron chi connectivity index (χ0n) is 10.5. The van der Waals surface area contributed by atoms with E-state index in [0.717, 1.165) is 5.69 Å². The number of nitrogens with one attached hydrogen (secondary N) is 2. The molecule has 0 aromatic carbocycles. The number of nitrogens with zero attached hydrogens (tertiary/aromatic N) is 1. The topological polar surface area (TPSA) is 74.8 Å². The zero-order chi connectivity index (χ0) is 12.9. The van der Waals surface area contributed by atoms with Gasteiger partial charge in [0.2, 0.25) is 5.91 Å². The van der Waals surface area contributed by atoms with Crippen LogP contribution in [0.1, 0.15) is 32.9 Å². The van der Waals surface area contributed by atoms with E-state index in [-0.39, 0.29) is 11.7 Å². The molecule has 1 aromatic heterocycles. The Morgan fingerprint density at radius 3 is 2.71 bits per heavy atom. The second-order valence-electron chi connectivity index (χ2n) is 4.47. The number of H-pyrrole nitrogens is 1. The molecule has 1 aromatic rings. The third kappa shape index (κ3) is 3.41. The minimum atomic E-state index is -0.944. The highest BCUT2D eigenvalue weighted by molar-refractivity contribution is 6.05. The Hall–Kier alpha value is -1.65. The third-order valence-corrected chi connectivity index (χ3v) is 2.81. The lowest BCUT2D eigenvalue weighted by Gasteiger charge is -2.21. The van der Waals surface area contributed by atoms with Crippen LogP contribution < -0.4 is 5.32 Å². The van der Waals surface area contributed by atoms with Gasteiger partial charge in [-0.1, -0.05) is 6.92 Å². The van der Waals surface area contributed by atoms with Gasteiger partial charge >= 0.3 is 0 Å². The molecule has 0 fully saturated rings. The summed E-state index contributed by atoms with van der Waals surface area (Å²) in [4.78, 5) is 30.3. The van der Waals surface area contributed by atoms with E-state index >= 15 is 0 Å². The summed E-state index contributed by atoms with van der Waals surface area (Å²) < 4.78 is 0. The van der Waals surface area contributed by atoms with Crippen molar-refractivity contribution in [3.63, 3.8) is 0 Å². The van der Waals surface area contributed by atoms with Gasteiger partial charge in [-0.15, -0.1) is 0 Å². The molecule has 1 rings (SSSR count). The van der Waals surface area contributed by atoms with Crippen LogP contribution in [0.25, 0.3) is 0 Å². The summed E-state index contributed by atoms with van der Waals surface area (Å²) in [6.45, 7) is 5.57. The Labute approximate surface area is 101 Å². The molecule has 0 atom stereocenters. The van der Waals surface area contributed by atoms with Gasteiger partial charge in [-0.2, -0.15) is 0 Å². The standard InChI is InChI=1S/C12H19N3O2/c1-4-10(16)12(2,3)11(17)14-6-5-9-7-13-8-15-9/h7-8H,4-6H2,1-3H3,(H,13,15)(H,14,17). The Morgan fingerprint density at radius 1 is 1.47 bits per heavy atom. The number of Topliss-reactive ketones (excluding diaryl/α,β-unsaturated/α-hetero) is 1. The van der Waals surface area contributed by atoms with Crippen LogP contribution in [0.5, 0.6) is 0 Å². The van der Waals surface area contributed by atoms with E-state index in [1.54, 1.807) is 33.3 Å². The molecule has 17 heavy (non-hydrogen) atoms. The highest BCUT2D eigenvalue weighted by Crippen LogP contribution is 2.18. The summed E-state index contributed by atoms with van der Waals surface area (Å²) in [6.07, 6.45) is 4.42. The van der Waals surface area contributed by atoms with Crippen molar-refractivity contribution in [1.29, 1.82) is 0 Å². The number of carbonyl (C=O) groups excluding carboxylic acids is 2. The molecule has 0 aliphatic heterocycles. The molecule has 0 bridgehead atoms. The van der Waals surface area contributed by atoms with E-state index in [4.69, 9.17) is 0 Å². The fourth-order valence-electron chi connectivity index (χ4n) is 1.52. The molecule has 0 saturated heterocycles. The third-order valence-electron chi connectivity index (χ3n) is 2.81. The van der Waals surface area contributed by atoms with Gasteiger partial charge in [0.25, 0.3) is 0 Å². The van der Waals surface area contributed by atoms with E-state index in [1.165, 1.54) is 0 Å². The molecule has 5 heteroatoms. The monoisotopic (exact) mass is 237 g/mol. The first-order chi connectivity index (χ1) is 7.98. The lowest BCUT2D eigenvalue weighted by molar-refractivity contribution is -0.139. The van der Waals surface area contributed by atoms with Gasteiger partial charge in [-0.05, 0) is 13.8 Å². The van der Waals surface area contributed by atoms with Crippen molar-refractivity contribution in [2.24, 2.45) is 5.41 Å². The van der Waals surface area contributed by atoms with E-state index in [2.05, 4.69) is 15.3 Å². The molecule has 2 N–H and O–H groups in total. The van der Waals surface area contributed by atoms with Crippen LogP contribution in [0.2, 0.25) is 0 Å². The minimum Gasteiger partial charge on any atom is -0.355 e. The number of ketones is 1. The summed E-state index contributed by atoms with van der Waals surface area (Å²) in [5.41, 5.74) is -0.0507. The predicted molar refractivity (Wildman–Crippen MR) is 64.4 cm³/mol. The molecule has 0 aliphatic rings. The number of imidazole rings is 1. The number of rotatable bonds is 6. The molecule has 1 amide bonds. The Bertz CT molecular complexity index is 382. The van der Waals surface area contributed by atoms with Crippen LogP contribution in [0.3, 0.4) is 0 Å². The maximum atomic E-state index is 11.8. The van der Waals surface area contributed by atoms with Crippen LogP contribution >= 0.6 is 0 Å². The molecular weight excluding hydrogens is 218 g/mol. The summed E-state index contributed by atoms with van der Waals surface area (Å²) >= 11 is 0.